The fourth-order valence-electron chi connectivity index (χ4n) is 2.88. The van der Waals surface area contributed by atoms with Crippen LogP contribution in [0.3, 0.4) is 0 Å². The quantitative estimate of drug-likeness (QED) is 0.489. The van der Waals surface area contributed by atoms with Crippen molar-refractivity contribution in [1.82, 2.24) is 14.8 Å². The molecule has 1 aromatic heterocycles. The molecule has 140 valence electrons. The lowest BCUT2D eigenvalue weighted by molar-refractivity contribution is 0.590. The van der Waals surface area contributed by atoms with E-state index in [1.165, 1.54) is 11.1 Å². The summed E-state index contributed by atoms with van der Waals surface area (Å²) >= 11 is 1.72. The van der Waals surface area contributed by atoms with Crippen molar-refractivity contribution >= 4 is 17.8 Å². The van der Waals surface area contributed by atoms with Gasteiger partial charge in [-0.25, -0.2) is 0 Å². The van der Waals surface area contributed by atoms with Gasteiger partial charge in [-0.05, 0) is 23.5 Å². The van der Waals surface area contributed by atoms with Crippen LogP contribution < -0.4 is 0 Å². The Morgan fingerprint density at radius 3 is 2.30 bits per heavy atom. The lowest BCUT2D eigenvalue weighted by Gasteiger charge is -2.19. The van der Waals surface area contributed by atoms with Crippen LogP contribution in [0.2, 0.25) is 0 Å². The summed E-state index contributed by atoms with van der Waals surface area (Å²) in [4.78, 5) is 0. The van der Waals surface area contributed by atoms with Gasteiger partial charge in [0.15, 0.2) is 11.0 Å². The maximum atomic E-state index is 4.45. The SMILES string of the molecule is CCn1c(SC/C=C/c2ccccc2)nnc1-c1ccc(C(C)(C)C)cc1. The number of nitrogens with zero attached hydrogens (tertiary/aromatic N) is 3. The molecule has 0 radical (unpaired) electrons. The molecule has 0 N–H and O–H groups in total. The zero-order valence-electron chi connectivity index (χ0n) is 16.5. The molecule has 0 fully saturated rings. The average molecular weight is 378 g/mol. The van der Waals surface area contributed by atoms with Crippen LogP contribution in [-0.4, -0.2) is 20.5 Å². The number of benzene rings is 2. The van der Waals surface area contributed by atoms with Crippen molar-refractivity contribution in [2.45, 2.75) is 44.8 Å². The Balaban J connectivity index is 1.72. The molecule has 27 heavy (non-hydrogen) atoms. The summed E-state index contributed by atoms with van der Waals surface area (Å²) in [6, 6.07) is 19.0. The summed E-state index contributed by atoms with van der Waals surface area (Å²) in [7, 11) is 0. The third-order valence-electron chi connectivity index (χ3n) is 4.46. The van der Waals surface area contributed by atoms with Gasteiger partial charge in [-0.2, -0.15) is 0 Å². The summed E-state index contributed by atoms with van der Waals surface area (Å²) < 4.78 is 2.19. The first-order chi connectivity index (χ1) is 13.0. The van der Waals surface area contributed by atoms with Gasteiger partial charge in [-0.1, -0.05) is 99.3 Å². The van der Waals surface area contributed by atoms with E-state index in [0.29, 0.717) is 0 Å². The molecule has 3 rings (SSSR count). The molecule has 0 atom stereocenters. The summed E-state index contributed by atoms with van der Waals surface area (Å²) in [5, 5.41) is 9.84. The Hall–Kier alpha value is -2.33. The monoisotopic (exact) mass is 377 g/mol. The summed E-state index contributed by atoms with van der Waals surface area (Å²) in [5.74, 6) is 1.81. The highest BCUT2D eigenvalue weighted by Gasteiger charge is 2.16. The van der Waals surface area contributed by atoms with Gasteiger partial charge in [0, 0.05) is 17.9 Å². The lowest BCUT2D eigenvalue weighted by atomic mass is 9.87. The third-order valence-corrected chi connectivity index (χ3v) is 5.38. The van der Waals surface area contributed by atoms with Gasteiger partial charge in [-0.3, -0.25) is 0 Å². The van der Waals surface area contributed by atoms with E-state index in [1.54, 1.807) is 11.8 Å². The maximum absolute atomic E-state index is 4.45. The lowest BCUT2D eigenvalue weighted by Crippen LogP contribution is -2.10. The molecule has 0 aliphatic carbocycles. The van der Waals surface area contributed by atoms with E-state index >= 15 is 0 Å². The Labute approximate surface area is 166 Å². The van der Waals surface area contributed by atoms with Crippen molar-refractivity contribution in [2.75, 3.05) is 5.75 Å². The first-order valence-corrected chi connectivity index (χ1v) is 10.4. The number of hydrogen-bond acceptors (Lipinski definition) is 3. The second-order valence-electron chi connectivity index (χ2n) is 7.50. The summed E-state index contributed by atoms with van der Waals surface area (Å²) in [5.41, 5.74) is 3.82. The van der Waals surface area contributed by atoms with E-state index in [9.17, 15) is 0 Å². The molecule has 2 aromatic carbocycles. The minimum absolute atomic E-state index is 0.156. The van der Waals surface area contributed by atoms with Gasteiger partial charge in [0.2, 0.25) is 0 Å². The molecule has 0 aliphatic rings. The van der Waals surface area contributed by atoms with Gasteiger partial charge in [-0.15, -0.1) is 10.2 Å². The molecular formula is C23H27N3S. The van der Waals surface area contributed by atoms with Crippen LogP contribution in [0.15, 0.2) is 65.8 Å². The van der Waals surface area contributed by atoms with Crippen molar-refractivity contribution < 1.29 is 0 Å². The highest BCUT2D eigenvalue weighted by Crippen LogP contribution is 2.27. The van der Waals surface area contributed by atoms with Gasteiger partial charge >= 0.3 is 0 Å². The van der Waals surface area contributed by atoms with Crippen molar-refractivity contribution in [3.63, 3.8) is 0 Å². The van der Waals surface area contributed by atoms with E-state index in [0.717, 1.165) is 28.8 Å². The zero-order chi connectivity index (χ0) is 19.3. The van der Waals surface area contributed by atoms with Crippen molar-refractivity contribution in [2.24, 2.45) is 0 Å². The van der Waals surface area contributed by atoms with E-state index in [1.807, 2.05) is 6.07 Å². The molecular weight excluding hydrogens is 350 g/mol. The van der Waals surface area contributed by atoms with Crippen LogP contribution in [0.25, 0.3) is 17.5 Å². The summed E-state index contributed by atoms with van der Waals surface area (Å²) in [6.45, 7) is 9.69. The number of aromatic nitrogens is 3. The molecule has 0 aliphatic heterocycles. The first-order valence-electron chi connectivity index (χ1n) is 9.37. The van der Waals surface area contributed by atoms with E-state index in [-0.39, 0.29) is 5.41 Å². The highest BCUT2D eigenvalue weighted by atomic mass is 32.2. The topological polar surface area (TPSA) is 30.7 Å². The Bertz CT molecular complexity index is 888. The zero-order valence-corrected chi connectivity index (χ0v) is 17.3. The molecule has 0 unspecified atom stereocenters. The van der Waals surface area contributed by atoms with Crippen LogP contribution in [-0.2, 0) is 12.0 Å². The minimum atomic E-state index is 0.156. The van der Waals surface area contributed by atoms with Crippen LogP contribution in [0, 0.1) is 0 Å². The van der Waals surface area contributed by atoms with Crippen molar-refractivity contribution in [3.05, 3.63) is 71.8 Å². The van der Waals surface area contributed by atoms with E-state index in [4.69, 9.17) is 0 Å². The third kappa shape index (κ3) is 4.89. The summed E-state index contributed by atoms with van der Waals surface area (Å²) in [6.07, 6.45) is 4.32. The Kier molecular flexibility index (Phi) is 6.17. The average Bonchev–Trinajstić information content (AvgIpc) is 3.08. The van der Waals surface area contributed by atoms with E-state index < -0.39 is 0 Å². The standard InChI is InChI=1S/C23H27N3S/c1-5-26-21(19-13-15-20(16-14-19)23(2,3)4)24-25-22(26)27-17-9-12-18-10-7-6-8-11-18/h6-16H,5,17H2,1-4H3/b12-9+. The predicted octanol–water partition coefficient (Wildman–Crippen LogP) is 6.07. The Morgan fingerprint density at radius 2 is 1.67 bits per heavy atom. The van der Waals surface area contributed by atoms with Crippen LogP contribution in [0.5, 0.6) is 0 Å². The second kappa shape index (κ2) is 8.57. The smallest absolute Gasteiger partial charge is 0.191 e. The van der Waals surface area contributed by atoms with Crippen molar-refractivity contribution in [3.8, 4) is 11.4 Å². The molecule has 4 heteroatoms. The van der Waals surface area contributed by atoms with Gasteiger partial charge < -0.3 is 4.57 Å². The highest BCUT2D eigenvalue weighted by molar-refractivity contribution is 7.99. The Morgan fingerprint density at radius 1 is 0.963 bits per heavy atom. The second-order valence-corrected chi connectivity index (χ2v) is 8.49. The number of thioether (sulfide) groups is 1. The fourth-order valence-corrected chi connectivity index (χ4v) is 3.70. The molecule has 3 nitrogen and oxygen atoms in total. The number of hydrogen-bond donors (Lipinski definition) is 0. The van der Waals surface area contributed by atoms with Crippen LogP contribution in [0.4, 0.5) is 0 Å². The fraction of sp³-hybridized carbons (Fsp3) is 0.304. The predicted molar refractivity (Wildman–Crippen MR) is 116 cm³/mol. The van der Waals surface area contributed by atoms with Gasteiger partial charge in [0.25, 0.3) is 0 Å². The molecule has 0 bridgehead atoms. The molecule has 0 saturated carbocycles. The van der Waals surface area contributed by atoms with Crippen LogP contribution in [0.1, 0.15) is 38.8 Å². The largest absolute Gasteiger partial charge is 0.302 e. The van der Waals surface area contributed by atoms with Crippen LogP contribution >= 0.6 is 11.8 Å². The minimum Gasteiger partial charge on any atom is -0.302 e. The first kappa shape index (κ1) is 19.4. The van der Waals surface area contributed by atoms with E-state index in [2.05, 4.69) is 103 Å². The molecule has 0 saturated heterocycles. The maximum Gasteiger partial charge on any atom is 0.191 e. The molecule has 3 aromatic rings. The van der Waals surface area contributed by atoms with Gasteiger partial charge in [0.1, 0.15) is 0 Å². The molecule has 1 heterocycles. The molecule has 0 amide bonds. The van der Waals surface area contributed by atoms with Gasteiger partial charge in [0.05, 0.1) is 0 Å². The molecule has 0 spiro atoms. The van der Waals surface area contributed by atoms with Crippen molar-refractivity contribution in [1.29, 1.82) is 0 Å². The number of rotatable bonds is 6. The normalized spacial score (nSPS) is 12.0.